The van der Waals surface area contributed by atoms with Crippen LogP contribution in [-0.4, -0.2) is 5.91 Å². The summed E-state index contributed by atoms with van der Waals surface area (Å²) in [5.41, 5.74) is 7.32. The zero-order valence-electron chi connectivity index (χ0n) is 9.94. The molecule has 3 nitrogen and oxygen atoms in total. The van der Waals surface area contributed by atoms with Crippen LogP contribution >= 0.6 is 27.5 Å². The van der Waals surface area contributed by atoms with Gasteiger partial charge in [0.25, 0.3) is 0 Å². The third-order valence-corrected chi connectivity index (χ3v) is 3.84. The highest BCUT2D eigenvalue weighted by atomic mass is 79.9. The first-order valence-electron chi connectivity index (χ1n) is 5.64. The Morgan fingerprint density at radius 1 is 1.21 bits per heavy atom. The SMILES string of the molecule is NC(C(=O)Nc1ccc(Cl)c(Br)c1)c1ccccc1. The Morgan fingerprint density at radius 3 is 2.53 bits per heavy atom. The normalized spacial score (nSPS) is 11.9. The Balaban J connectivity index is 2.10. The summed E-state index contributed by atoms with van der Waals surface area (Å²) in [6.07, 6.45) is 0. The molecule has 0 bridgehead atoms. The molecule has 2 aromatic rings. The highest BCUT2D eigenvalue weighted by molar-refractivity contribution is 9.10. The van der Waals surface area contributed by atoms with E-state index < -0.39 is 6.04 Å². The first-order valence-corrected chi connectivity index (χ1v) is 6.81. The lowest BCUT2D eigenvalue weighted by atomic mass is 10.1. The van der Waals surface area contributed by atoms with E-state index >= 15 is 0 Å². The van der Waals surface area contributed by atoms with Crippen molar-refractivity contribution in [2.24, 2.45) is 5.73 Å². The van der Waals surface area contributed by atoms with Gasteiger partial charge in [-0.1, -0.05) is 41.9 Å². The lowest BCUT2D eigenvalue weighted by Gasteiger charge is -2.13. The number of carbonyl (C=O) groups excluding carboxylic acids is 1. The van der Waals surface area contributed by atoms with Crippen LogP contribution in [0.5, 0.6) is 0 Å². The third-order valence-electron chi connectivity index (χ3n) is 2.63. The first kappa shape index (κ1) is 14.1. The number of hydrogen-bond acceptors (Lipinski definition) is 2. The monoisotopic (exact) mass is 338 g/mol. The standard InChI is InChI=1S/C14H12BrClN2O/c15-11-8-10(6-7-12(11)16)18-14(19)13(17)9-4-2-1-3-5-9/h1-8,13H,17H2,(H,18,19). The largest absolute Gasteiger partial charge is 0.324 e. The third kappa shape index (κ3) is 3.56. The zero-order valence-corrected chi connectivity index (χ0v) is 12.3. The average Bonchev–Trinajstić information content (AvgIpc) is 2.43. The minimum Gasteiger partial charge on any atom is -0.324 e. The summed E-state index contributed by atoms with van der Waals surface area (Å²) in [5.74, 6) is -0.263. The highest BCUT2D eigenvalue weighted by Crippen LogP contribution is 2.26. The van der Waals surface area contributed by atoms with Gasteiger partial charge in [-0.3, -0.25) is 4.79 Å². The summed E-state index contributed by atoms with van der Waals surface area (Å²) in [5, 5.41) is 3.34. The van der Waals surface area contributed by atoms with Gasteiger partial charge in [-0.05, 0) is 39.7 Å². The number of amides is 1. The van der Waals surface area contributed by atoms with Gasteiger partial charge in [-0.2, -0.15) is 0 Å². The lowest BCUT2D eigenvalue weighted by molar-refractivity contribution is -0.117. The van der Waals surface area contributed by atoms with Gasteiger partial charge in [0.1, 0.15) is 6.04 Å². The number of nitrogens with one attached hydrogen (secondary N) is 1. The smallest absolute Gasteiger partial charge is 0.245 e. The van der Waals surface area contributed by atoms with Crippen LogP contribution in [0.15, 0.2) is 53.0 Å². The fourth-order valence-corrected chi connectivity index (χ4v) is 2.10. The average molecular weight is 340 g/mol. The Bertz CT molecular complexity index is 589. The van der Waals surface area contributed by atoms with E-state index in [4.69, 9.17) is 17.3 Å². The molecule has 0 aliphatic rings. The number of halogens is 2. The van der Waals surface area contributed by atoms with Crippen LogP contribution in [-0.2, 0) is 4.79 Å². The maximum absolute atomic E-state index is 12.0. The number of anilines is 1. The Morgan fingerprint density at radius 2 is 1.89 bits per heavy atom. The van der Waals surface area contributed by atoms with Gasteiger partial charge in [0.2, 0.25) is 5.91 Å². The van der Waals surface area contributed by atoms with Crippen LogP contribution in [0, 0.1) is 0 Å². The fraction of sp³-hybridized carbons (Fsp3) is 0.0714. The van der Waals surface area contributed by atoms with Crippen LogP contribution in [0.1, 0.15) is 11.6 Å². The van der Waals surface area contributed by atoms with Crippen LogP contribution < -0.4 is 11.1 Å². The predicted octanol–water partition coefficient (Wildman–Crippen LogP) is 3.74. The minimum absolute atomic E-state index is 0.263. The molecule has 0 spiro atoms. The number of rotatable bonds is 3. The van der Waals surface area contributed by atoms with Crippen molar-refractivity contribution in [2.45, 2.75) is 6.04 Å². The van der Waals surface area contributed by atoms with Crippen molar-refractivity contribution in [1.82, 2.24) is 0 Å². The molecule has 1 atom stereocenters. The molecule has 0 aliphatic carbocycles. The first-order chi connectivity index (χ1) is 9.08. The van der Waals surface area contributed by atoms with E-state index in [-0.39, 0.29) is 5.91 Å². The highest BCUT2D eigenvalue weighted by Gasteiger charge is 2.15. The van der Waals surface area contributed by atoms with Crippen molar-refractivity contribution in [3.8, 4) is 0 Å². The molecule has 3 N–H and O–H groups in total. The van der Waals surface area contributed by atoms with E-state index in [1.165, 1.54) is 0 Å². The number of hydrogen-bond donors (Lipinski definition) is 2. The number of carbonyl (C=O) groups is 1. The molecular weight excluding hydrogens is 328 g/mol. The Hall–Kier alpha value is -1.36. The molecule has 0 fully saturated rings. The Labute approximate surface area is 124 Å². The van der Waals surface area contributed by atoms with E-state index in [0.717, 1.165) is 10.0 Å². The van der Waals surface area contributed by atoms with Gasteiger partial charge >= 0.3 is 0 Å². The van der Waals surface area contributed by atoms with Gasteiger partial charge in [-0.15, -0.1) is 0 Å². The van der Waals surface area contributed by atoms with Crippen molar-refractivity contribution in [1.29, 1.82) is 0 Å². The second-order valence-corrected chi connectivity index (χ2v) is 5.27. The summed E-state index contributed by atoms with van der Waals surface area (Å²) in [4.78, 5) is 12.0. The fourth-order valence-electron chi connectivity index (χ4n) is 1.61. The van der Waals surface area contributed by atoms with E-state index in [1.807, 2.05) is 30.3 Å². The van der Waals surface area contributed by atoms with E-state index in [0.29, 0.717) is 10.7 Å². The molecular formula is C14H12BrClN2O. The molecule has 0 radical (unpaired) electrons. The molecule has 0 heterocycles. The van der Waals surface area contributed by atoms with Gasteiger partial charge in [0.15, 0.2) is 0 Å². The predicted molar refractivity (Wildman–Crippen MR) is 81.2 cm³/mol. The molecule has 1 amide bonds. The maximum atomic E-state index is 12.0. The molecule has 2 rings (SSSR count). The molecule has 98 valence electrons. The molecule has 0 saturated heterocycles. The van der Waals surface area contributed by atoms with Crippen LogP contribution in [0.2, 0.25) is 5.02 Å². The van der Waals surface area contributed by atoms with Gasteiger partial charge < -0.3 is 11.1 Å². The second-order valence-electron chi connectivity index (χ2n) is 4.01. The van der Waals surface area contributed by atoms with Crippen LogP contribution in [0.4, 0.5) is 5.69 Å². The van der Waals surface area contributed by atoms with E-state index in [2.05, 4.69) is 21.2 Å². The van der Waals surface area contributed by atoms with Crippen molar-refractivity contribution in [3.63, 3.8) is 0 Å². The van der Waals surface area contributed by atoms with Gasteiger partial charge in [0, 0.05) is 10.2 Å². The molecule has 19 heavy (non-hydrogen) atoms. The minimum atomic E-state index is -0.698. The molecule has 5 heteroatoms. The maximum Gasteiger partial charge on any atom is 0.245 e. The number of benzene rings is 2. The molecule has 2 aromatic carbocycles. The quantitative estimate of drug-likeness (QED) is 0.895. The van der Waals surface area contributed by atoms with Crippen LogP contribution in [0.3, 0.4) is 0 Å². The summed E-state index contributed by atoms with van der Waals surface area (Å²) >= 11 is 9.19. The molecule has 0 aliphatic heterocycles. The van der Waals surface area contributed by atoms with Crippen molar-refractivity contribution in [2.75, 3.05) is 5.32 Å². The van der Waals surface area contributed by atoms with Crippen LogP contribution in [0.25, 0.3) is 0 Å². The Kier molecular flexibility index (Phi) is 4.58. The topological polar surface area (TPSA) is 55.1 Å². The van der Waals surface area contributed by atoms with E-state index in [9.17, 15) is 4.79 Å². The van der Waals surface area contributed by atoms with Gasteiger partial charge in [0.05, 0.1) is 5.02 Å². The zero-order chi connectivity index (χ0) is 13.8. The summed E-state index contributed by atoms with van der Waals surface area (Å²) in [6, 6.07) is 13.7. The molecule has 1 unspecified atom stereocenters. The molecule has 0 saturated carbocycles. The summed E-state index contributed by atoms with van der Waals surface area (Å²) < 4.78 is 0.722. The number of nitrogens with two attached hydrogens (primary N) is 1. The molecule has 0 aromatic heterocycles. The van der Waals surface area contributed by atoms with Crippen molar-refractivity contribution in [3.05, 3.63) is 63.6 Å². The summed E-state index contributed by atoms with van der Waals surface area (Å²) in [7, 11) is 0. The van der Waals surface area contributed by atoms with Crippen molar-refractivity contribution < 1.29 is 4.79 Å². The van der Waals surface area contributed by atoms with E-state index in [1.54, 1.807) is 18.2 Å². The summed E-state index contributed by atoms with van der Waals surface area (Å²) in [6.45, 7) is 0. The van der Waals surface area contributed by atoms with Gasteiger partial charge in [-0.25, -0.2) is 0 Å². The lowest BCUT2D eigenvalue weighted by Crippen LogP contribution is -2.27. The van der Waals surface area contributed by atoms with Crippen molar-refractivity contribution >= 4 is 39.1 Å². The second kappa shape index (κ2) is 6.19.